The van der Waals surface area contributed by atoms with Crippen LogP contribution in [0.2, 0.25) is 0 Å². The van der Waals surface area contributed by atoms with Crippen molar-refractivity contribution in [2.45, 2.75) is 0 Å². The number of hydrogen-bond acceptors (Lipinski definition) is 2. The maximum atomic E-state index is 9.73. The zero-order valence-electron chi connectivity index (χ0n) is 8.44. The topological polar surface area (TPSA) is 48.9 Å². The molecule has 3 nitrogen and oxygen atoms in total. The third kappa shape index (κ3) is 1.34. The summed E-state index contributed by atoms with van der Waals surface area (Å²) in [4.78, 5) is 0. The Morgan fingerprint density at radius 2 is 2.19 bits per heavy atom. The van der Waals surface area contributed by atoms with Crippen molar-refractivity contribution >= 4 is 10.9 Å². The molecular weight excluding hydrogens is 200 g/mol. The first-order valence-electron chi connectivity index (χ1n) is 4.98. The molecule has 0 amide bonds. The maximum Gasteiger partial charge on any atom is 0.124 e. The molecule has 0 bridgehead atoms. The molecule has 3 rings (SSSR count). The van der Waals surface area contributed by atoms with E-state index in [4.69, 9.17) is 0 Å². The first-order valence-corrected chi connectivity index (χ1v) is 4.98. The van der Waals surface area contributed by atoms with Crippen molar-refractivity contribution in [3.8, 4) is 16.9 Å². The highest BCUT2D eigenvalue weighted by atomic mass is 16.3. The lowest BCUT2D eigenvalue weighted by atomic mass is 10.0. The van der Waals surface area contributed by atoms with E-state index in [0.717, 1.165) is 16.5 Å². The molecule has 1 radical (unpaired) electrons. The van der Waals surface area contributed by atoms with Crippen LogP contribution in [0.3, 0.4) is 0 Å². The molecule has 0 saturated heterocycles. The first-order chi connectivity index (χ1) is 7.84. The van der Waals surface area contributed by atoms with Crippen molar-refractivity contribution in [1.29, 1.82) is 0 Å². The molecule has 0 aliphatic heterocycles. The second-order valence-corrected chi connectivity index (χ2v) is 3.60. The van der Waals surface area contributed by atoms with Gasteiger partial charge in [0.2, 0.25) is 0 Å². The predicted octanol–water partition coefficient (Wildman–Crippen LogP) is 2.74. The van der Waals surface area contributed by atoms with Crippen LogP contribution in [0.5, 0.6) is 5.75 Å². The average molecular weight is 209 g/mol. The normalized spacial score (nSPS) is 10.8. The number of rotatable bonds is 1. The van der Waals surface area contributed by atoms with Crippen LogP contribution < -0.4 is 0 Å². The lowest BCUT2D eigenvalue weighted by molar-refractivity contribution is 0.477. The molecule has 77 valence electrons. The van der Waals surface area contributed by atoms with Crippen LogP contribution in [0.1, 0.15) is 0 Å². The van der Waals surface area contributed by atoms with Gasteiger partial charge in [-0.05, 0) is 23.8 Å². The molecule has 0 aliphatic carbocycles. The predicted molar refractivity (Wildman–Crippen MR) is 62.0 cm³/mol. The minimum Gasteiger partial charge on any atom is -0.507 e. The third-order valence-electron chi connectivity index (χ3n) is 2.56. The fourth-order valence-electron chi connectivity index (χ4n) is 1.75. The van der Waals surface area contributed by atoms with Gasteiger partial charge in [0.15, 0.2) is 0 Å². The molecule has 1 heterocycles. The minimum atomic E-state index is 0.237. The van der Waals surface area contributed by atoms with Crippen molar-refractivity contribution in [3.63, 3.8) is 0 Å². The summed E-state index contributed by atoms with van der Waals surface area (Å²) >= 11 is 0. The number of nitrogens with zero attached hydrogens (tertiary/aromatic N) is 1. The molecule has 0 atom stereocenters. The molecular formula is C13H9N2O. The van der Waals surface area contributed by atoms with E-state index < -0.39 is 0 Å². The zero-order valence-corrected chi connectivity index (χ0v) is 8.44. The Labute approximate surface area is 92.4 Å². The molecule has 0 saturated carbocycles. The molecule has 0 unspecified atom stereocenters. The monoisotopic (exact) mass is 209 g/mol. The van der Waals surface area contributed by atoms with Gasteiger partial charge in [0.05, 0.1) is 11.7 Å². The number of nitrogens with one attached hydrogen (secondary N) is 1. The maximum absolute atomic E-state index is 9.73. The lowest BCUT2D eigenvalue weighted by Crippen LogP contribution is -1.79. The van der Waals surface area contributed by atoms with Gasteiger partial charge in [0.1, 0.15) is 5.75 Å². The van der Waals surface area contributed by atoms with E-state index in [0.29, 0.717) is 5.56 Å². The van der Waals surface area contributed by atoms with Crippen molar-refractivity contribution < 1.29 is 5.11 Å². The highest BCUT2D eigenvalue weighted by Gasteiger charge is 2.04. The number of hydrogen-bond donors (Lipinski definition) is 2. The highest BCUT2D eigenvalue weighted by Crippen LogP contribution is 2.29. The highest BCUT2D eigenvalue weighted by molar-refractivity contribution is 5.84. The number of aromatic hydroxyl groups is 1. The summed E-state index contributed by atoms with van der Waals surface area (Å²) in [5.74, 6) is 0.237. The van der Waals surface area contributed by atoms with E-state index >= 15 is 0 Å². The fourth-order valence-corrected chi connectivity index (χ4v) is 1.75. The number of phenolic OH excluding ortho intramolecular Hbond substituents is 1. The van der Waals surface area contributed by atoms with E-state index in [1.54, 1.807) is 24.4 Å². The standard InChI is InChI=1S/C13H9N2O/c16-13-4-2-1-3-11(13)9-5-6-10-8-14-15-12(10)7-9/h1-2,4-8,16H,(H,14,15). The van der Waals surface area contributed by atoms with Gasteiger partial charge >= 0.3 is 0 Å². The third-order valence-corrected chi connectivity index (χ3v) is 2.56. The number of aromatic nitrogens is 2. The van der Waals surface area contributed by atoms with Crippen LogP contribution in [0.15, 0.2) is 42.6 Å². The van der Waals surface area contributed by atoms with Crippen LogP contribution in [0, 0.1) is 6.07 Å². The zero-order chi connectivity index (χ0) is 11.0. The quantitative estimate of drug-likeness (QED) is 0.647. The van der Waals surface area contributed by atoms with Gasteiger partial charge < -0.3 is 5.11 Å². The number of phenols is 1. The summed E-state index contributed by atoms with van der Waals surface area (Å²) in [6.07, 6.45) is 1.77. The molecule has 16 heavy (non-hydrogen) atoms. The Bertz CT molecular complexity index is 643. The second-order valence-electron chi connectivity index (χ2n) is 3.60. The van der Waals surface area contributed by atoms with Crippen LogP contribution in [-0.2, 0) is 0 Å². The van der Waals surface area contributed by atoms with Crippen molar-refractivity contribution in [2.75, 3.05) is 0 Å². The largest absolute Gasteiger partial charge is 0.507 e. The van der Waals surface area contributed by atoms with Crippen molar-refractivity contribution in [3.05, 3.63) is 48.7 Å². The number of aromatic amines is 1. The Hall–Kier alpha value is -2.29. The molecule has 2 aromatic carbocycles. The van der Waals surface area contributed by atoms with Gasteiger partial charge in [0, 0.05) is 10.9 Å². The van der Waals surface area contributed by atoms with Gasteiger partial charge in [0.25, 0.3) is 0 Å². The number of fused-ring (bicyclic) bond motifs is 1. The second kappa shape index (κ2) is 3.38. The van der Waals surface area contributed by atoms with Crippen LogP contribution in [0.4, 0.5) is 0 Å². The van der Waals surface area contributed by atoms with E-state index in [1.807, 2.05) is 18.2 Å². The molecule has 0 aliphatic rings. The van der Waals surface area contributed by atoms with E-state index in [2.05, 4.69) is 16.3 Å². The van der Waals surface area contributed by atoms with Crippen LogP contribution >= 0.6 is 0 Å². The summed E-state index contributed by atoms with van der Waals surface area (Å²) in [7, 11) is 0. The minimum absolute atomic E-state index is 0.237. The van der Waals surface area contributed by atoms with E-state index in [9.17, 15) is 5.11 Å². The number of benzene rings is 2. The summed E-state index contributed by atoms with van der Waals surface area (Å²) < 4.78 is 0. The Balaban J connectivity index is 2.22. The molecule has 3 aromatic rings. The smallest absolute Gasteiger partial charge is 0.124 e. The Morgan fingerprint density at radius 1 is 1.25 bits per heavy atom. The molecule has 3 heteroatoms. The van der Waals surface area contributed by atoms with Gasteiger partial charge in [-0.3, -0.25) is 5.10 Å². The van der Waals surface area contributed by atoms with Crippen LogP contribution in [-0.4, -0.2) is 15.3 Å². The molecule has 1 aromatic heterocycles. The van der Waals surface area contributed by atoms with Crippen molar-refractivity contribution in [2.24, 2.45) is 0 Å². The molecule has 0 fully saturated rings. The molecule has 2 N–H and O–H groups in total. The van der Waals surface area contributed by atoms with Crippen molar-refractivity contribution in [1.82, 2.24) is 10.2 Å². The lowest BCUT2D eigenvalue weighted by Gasteiger charge is -2.03. The summed E-state index contributed by atoms with van der Waals surface area (Å²) in [6, 6.07) is 14.1. The molecule has 0 spiro atoms. The summed E-state index contributed by atoms with van der Waals surface area (Å²) in [5.41, 5.74) is 2.59. The Morgan fingerprint density at radius 3 is 3.06 bits per heavy atom. The van der Waals surface area contributed by atoms with Gasteiger partial charge in [-0.25, -0.2) is 0 Å². The van der Waals surface area contributed by atoms with Crippen LogP contribution in [0.25, 0.3) is 22.0 Å². The van der Waals surface area contributed by atoms with E-state index in [-0.39, 0.29) is 5.75 Å². The fraction of sp³-hybridized carbons (Fsp3) is 0. The SMILES string of the molecule is Oc1ccc[c]c1-c1ccc2cn[nH]c2c1. The van der Waals surface area contributed by atoms with Gasteiger partial charge in [-0.15, -0.1) is 0 Å². The van der Waals surface area contributed by atoms with Gasteiger partial charge in [-0.1, -0.05) is 24.3 Å². The summed E-state index contributed by atoms with van der Waals surface area (Å²) in [5, 5.41) is 17.6. The van der Waals surface area contributed by atoms with Gasteiger partial charge in [-0.2, -0.15) is 5.10 Å². The van der Waals surface area contributed by atoms with E-state index in [1.165, 1.54) is 0 Å². The number of H-pyrrole nitrogens is 1. The Kier molecular flexibility index (Phi) is 1.90. The first kappa shape index (κ1) is 8.97. The summed E-state index contributed by atoms with van der Waals surface area (Å²) in [6.45, 7) is 0. The average Bonchev–Trinajstić information content (AvgIpc) is 2.76.